The predicted octanol–water partition coefficient (Wildman–Crippen LogP) is 2.84. The summed E-state index contributed by atoms with van der Waals surface area (Å²) in [7, 11) is -3.30. The van der Waals surface area contributed by atoms with Gasteiger partial charge in [-0.3, -0.25) is 9.52 Å². The minimum Gasteiger partial charge on any atom is -0.355 e. The number of amides is 1. The van der Waals surface area contributed by atoms with Gasteiger partial charge in [-0.1, -0.05) is 48.9 Å². The highest BCUT2D eigenvalue weighted by Gasteiger charge is 2.45. The molecule has 138 valence electrons. The van der Waals surface area contributed by atoms with Crippen molar-refractivity contribution in [1.82, 2.24) is 5.32 Å². The van der Waals surface area contributed by atoms with Crippen LogP contribution in [-0.4, -0.2) is 27.1 Å². The lowest BCUT2D eigenvalue weighted by molar-refractivity contribution is -0.129. The molecule has 0 saturated heterocycles. The molecule has 0 aromatic heterocycles. The standard InChI is InChI=1S/C20H24N2O3S/c1-26(24,25)22-18-10-8-17(9-11-18)20(13-5-14-20)19(23)21-15-12-16-6-3-2-4-7-16/h2-4,6-11,22H,5,12-15H2,1H3,(H,21,23). The van der Waals surface area contributed by atoms with E-state index in [0.29, 0.717) is 12.2 Å². The fourth-order valence-corrected chi connectivity index (χ4v) is 3.95. The molecule has 2 N–H and O–H groups in total. The van der Waals surface area contributed by atoms with Crippen molar-refractivity contribution in [2.75, 3.05) is 17.5 Å². The van der Waals surface area contributed by atoms with E-state index in [1.165, 1.54) is 5.56 Å². The molecule has 1 aliphatic carbocycles. The molecule has 1 fully saturated rings. The Labute approximate surface area is 154 Å². The smallest absolute Gasteiger partial charge is 0.230 e. The zero-order valence-electron chi connectivity index (χ0n) is 14.9. The Hall–Kier alpha value is -2.34. The summed E-state index contributed by atoms with van der Waals surface area (Å²) in [6, 6.07) is 17.2. The summed E-state index contributed by atoms with van der Waals surface area (Å²) < 4.78 is 25.1. The topological polar surface area (TPSA) is 75.3 Å². The molecule has 0 atom stereocenters. The first-order chi connectivity index (χ1) is 12.4. The van der Waals surface area contributed by atoms with Gasteiger partial charge in [-0.25, -0.2) is 8.42 Å². The number of benzene rings is 2. The quantitative estimate of drug-likeness (QED) is 0.785. The van der Waals surface area contributed by atoms with E-state index in [4.69, 9.17) is 0 Å². The van der Waals surface area contributed by atoms with Crippen LogP contribution in [0, 0.1) is 0 Å². The summed E-state index contributed by atoms with van der Waals surface area (Å²) in [5.41, 5.74) is 2.17. The van der Waals surface area contributed by atoms with Crippen molar-refractivity contribution in [2.24, 2.45) is 0 Å². The fourth-order valence-electron chi connectivity index (χ4n) is 3.38. The third kappa shape index (κ3) is 4.25. The number of rotatable bonds is 7. The first kappa shape index (κ1) is 18.5. The Bertz CT molecular complexity index is 858. The number of hydrogen-bond donors (Lipinski definition) is 2. The largest absolute Gasteiger partial charge is 0.355 e. The van der Waals surface area contributed by atoms with Gasteiger partial charge in [-0.15, -0.1) is 0 Å². The average Bonchev–Trinajstić information content (AvgIpc) is 2.55. The van der Waals surface area contributed by atoms with Crippen molar-refractivity contribution in [2.45, 2.75) is 31.1 Å². The second-order valence-corrected chi connectivity index (χ2v) is 8.63. The summed E-state index contributed by atoms with van der Waals surface area (Å²) in [6.07, 6.45) is 4.59. The van der Waals surface area contributed by atoms with Crippen LogP contribution in [0.2, 0.25) is 0 Å². The van der Waals surface area contributed by atoms with E-state index in [2.05, 4.69) is 22.2 Å². The third-order valence-corrected chi connectivity index (χ3v) is 5.53. The second kappa shape index (κ2) is 7.50. The molecule has 0 aliphatic heterocycles. The van der Waals surface area contributed by atoms with Crippen molar-refractivity contribution < 1.29 is 13.2 Å². The Morgan fingerprint density at radius 3 is 2.23 bits per heavy atom. The first-order valence-corrected chi connectivity index (χ1v) is 10.7. The van der Waals surface area contributed by atoms with Gasteiger partial charge in [-0.05, 0) is 42.5 Å². The lowest BCUT2D eigenvalue weighted by Crippen LogP contribution is -2.49. The molecule has 1 saturated carbocycles. The number of hydrogen-bond acceptors (Lipinski definition) is 3. The molecule has 0 radical (unpaired) electrons. The van der Waals surface area contributed by atoms with Crippen LogP contribution in [-0.2, 0) is 26.7 Å². The van der Waals surface area contributed by atoms with Crippen LogP contribution in [0.4, 0.5) is 5.69 Å². The molecule has 3 rings (SSSR count). The van der Waals surface area contributed by atoms with E-state index in [1.54, 1.807) is 12.1 Å². The molecule has 0 spiro atoms. The maximum atomic E-state index is 12.8. The molecule has 0 unspecified atom stereocenters. The molecule has 26 heavy (non-hydrogen) atoms. The van der Waals surface area contributed by atoms with E-state index in [-0.39, 0.29) is 5.91 Å². The van der Waals surface area contributed by atoms with E-state index in [9.17, 15) is 13.2 Å². The maximum Gasteiger partial charge on any atom is 0.230 e. The van der Waals surface area contributed by atoms with Crippen LogP contribution in [0.15, 0.2) is 54.6 Å². The van der Waals surface area contributed by atoms with Gasteiger partial charge in [0.15, 0.2) is 0 Å². The Balaban J connectivity index is 1.65. The van der Waals surface area contributed by atoms with Gasteiger partial charge < -0.3 is 5.32 Å². The Morgan fingerprint density at radius 2 is 1.69 bits per heavy atom. The van der Waals surface area contributed by atoms with Gasteiger partial charge in [0, 0.05) is 12.2 Å². The molecule has 1 aliphatic rings. The summed E-state index contributed by atoms with van der Waals surface area (Å²) in [6.45, 7) is 0.609. The summed E-state index contributed by atoms with van der Waals surface area (Å²) in [4.78, 5) is 12.8. The molecular formula is C20H24N2O3S. The van der Waals surface area contributed by atoms with Gasteiger partial charge in [0.2, 0.25) is 15.9 Å². The number of anilines is 1. The van der Waals surface area contributed by atoms with E-state index in [0.717, 1.165) is 37.5 Å². The number of carbonyl (C=O) groups excluding carboxylic acids is 1. The van der Waals surface area contributed by atoms with E-state index >= 15 is 0 Å². The summed E-state index contributed by atoms with van der Waals surface area (Å²) >= 11 is 0. The molecule has 1 amide bonds. The van der Waals surface area contributed by atoms with Crippen molar-refractivity contribution in [3.8, 4) is 0 Å². The van der Waals surface area contributed by atoms with Gasteiger partial charge in [0.25, 0.3) is 0 Å². The molecular weight excluding hydrogens is 348 g/mol. The minimum atomic E-state index is -3.30. The Morgan fingerprint density at radius 1 is 1.04 bits per heavy atom. The van der Waals surface area contributed by atoms with Crippen LogP contribution in [0.5, 0.6) is 0 Å². The molecule has 5 nitrogen and oxygen atoms in total. The highest BCUT2D eigenvalue weighted by molar-refractivity contribution is 7.92. The highest BCUT2D eigenvalue weighted by Crippen LogP contribution is 2.44. The summed E-state index contributed by atoms with van der Waals surface area (Å²) in [5.74, 6) is 0.0588. The minimum absolute atomic E-state index is 0.0588. The Kier molecular flexibility index (Phi) is 5.32. The van der Waals surface area contributed by atoms with Crippen molar-refractivity contribution >= 4 is 21.6 Å². The van der Waals surface area contributed by atoms with Crippen LogP contribution in [0.1, 0.15) is 30.4 Å². The number of nitrogens with one attached hydrogen (secondary N) is 2. The predicted molar refractivity (Wildman–Crippen MR) is 104 cm³/mol. The van der Waals surface area contributed by atoms with Crippen LogP contribution < -0.4 is 10.0 Å². The number of sulfonamides is 1. The molecule has 0 heterocycles. The third-order valence-electron chi connectivity index (χ3n) is 4.92. The lowest BCUT2D eigenvalue weighted by Gasteiger charge is -2.40. The van der Waals surface area contributed by atoms with Crippen molar-refractivity contribution in [3.05, 3.63) is 65.7 Å². The van der Waals surface area contributed by atoms with Crippen LogP contribution in [0.3, 0.4) is 0 Å². The first-order valence-electron chi connectivity index (χ1n) is 8.80. The van der Waals surface area contributed by atoms with Gasteiger partial charge in [0.1, 0.15) is 0 Å². The van der Waals surface area contributed by atoms with Gasteiger partial charge in [-0.2, -0.15) is 0 Å². The molecule has 0 bridgehead atoms. The van der Waals surface area contributed by atoms with E-state index < -0.39 is 15.4 Å². The van der Waals surface area contributed by atoms with Gasteiger partial charge in [0.05, 0.1) is 11.7 Å². The molecule has 2 aromatic rings. The van der Waals surface area contributed by atoms with Gasteiger partial charge >= 0.3 is 0 Å². The van der Waals surface area contributed by atoms with Crippen LogP contribution >= 0.6 is 0 Å². The van der Waals surface area contributed by atoms with E-state index in [1.807, 2.05) is 30.3 Å². The average molecular weight is 372 g/mol. The molecule has 6 heteroatoms. The second-order valence-electron chi connectivity index (χ2n) is 6.88. The van der Waals surface area contributed by atoms with Crippen LogP contribution in [0.25, 0.3) is 0 Å². The van der Waals surface area contributed by atoms with Crippen molar-refractivity contribution in [1.29, 1.82) is 0 Å². The normalized spacial score (nSPS) is 15.7. The summed E-state index contributed by atoms with van der Waals surface area (Å²) in [5, 5.41) is 3.07. The monoisotopic (exact) mass is 372 g/mol. The van der Waals surface area contributed by atoms with Crippen molar-refractivity contribution in [3.63, 3.8) is 0 Å². The lowest BCUT2D eigenvalue weighted by atomic mass is 9.64. The fraction of sp³-hybridized carbons (Fsp3) is 0.350. The highest BCUT2D eigenvalue weighted by atomic mass is 32.2. The SMILES string of the molecule is CS(=O)(=O)Nc1ccc(C2(C(=O)NCCc3ccccc3)CCC2)cc1. The zero-order valence-corrected chi connectivity index (χ0v) is 15.7. The number of carbonyl (C=O) groups is 1. The maximum absolute atomic E-state index is 12.8. The zero-order chi connectivity index (χ0) is 18.6. The molecule has 2 aromatic carbocycles.